The number of fused-ring (bicyclic) bond motifs is 1. The Morgan fingerprint density at radius 3 is 2.54 bits per heavy atom. The number of carbonyl (C=O) groups is 3. The van der Waals surface area contributed by atoms with Gasteiger partial charge < -0.3 is 30.4 Å². The third-order valence-corrected chi connectivity index (χ3v) is 9.53. The lowest BCUT2D eigenvalue weighted by Crippen LogP contribution is -2.52. The molecule has 2 aliphatic carbocycles. The van der Waals surface area contributed by atoms with E-state index in [4.69, 9.17) is 27.9 Å². The maximum atomic E-state index is 14.2. The number of nitrogens with zero attached hydrogens (tertiary/aromatic N) is 3. The molecular weight excluding hydrogens is 553 g/mol. The van der Waals surface area contributed by atoms with Crippen molar-refractivity contribution in [1.82, 2.24) is 14.8 Å². The summed E-state index contributed by atoms with van der Waals surface area (Å²) in [5.41, 5.74) is 7.66. The lowest BCUT2D eigenvalue weighted by molar-refractivity contribution is -0.157. The number of carbonyl (C=O) groups excluding carboxylic acids is 2. The Morgan fingerprint density at radius 2 is 1.95 bits per heavy atom. The fraction of sp³-hybridized carbons (Fsp3) is 0.621. The van der Waals surface area contributed by atoms with Crippen LogP contribution in [0.2, 0.25) is 5.02 Å². The van der Waals surface area contributed by atoms with E-state index in [1.165, 1.54) is 14.0 Å². The summed E-state index contributed by atoms with van der Waals surface area (Å²) in [4.78, 5) is 43.2. The number of hydrogen-bond donors (Lipinski definition) is 3. The monoisotopic (exact) mass is 591 g/mol. The van der Waals surface area contributed by atoms with E-state index >= 15 is 0 Å². The van der Waals surface area contributed by atoms with Crippen molar-refractivity contribution in [3.05, 3.63) is 39.7 Å². The number of nitrogens with two attached hydrogens (primary N) is 2. The van der Waals surface area contributed by atoms with Gasteiger partial charge in [-0.3, -0.25) is 14.4 Å². The number of carboxylic acids is 1. The minimum absolute atomic E-state index is 0.0554. The molecule has 4 atom stereocenters. The number of halogens is 2. The van der Waals surface area contributed by atoms with Crippen LogP contribution in [0.4, 0.5) is 4.39 Å². The number of likely N-dealkylation sites (tertiary alicyclic amines) is 1. The van der Waals surface area contributed by atoms with Gasteiger partial charge in [0.1, 0.15) is 24.7 Å². The van der Waals surface area contributed by atoms with Gasteiger partial charge in [0.05, 0.1) is 23.2 Å². The van der Waals surface area contributed by atoms with E-state index in [1.807, 2.05) is 0 Å². The second-order valence-electron chi connectivity index (χ2n) is 12.1. The van der Waals surface area contributed by atoms with Gasteiger partial charge in [-0.25, -0.2) is 10.2 Å². The first-order valence-corrected chi connectivity index (χ1v) is 14.7. The van der Waals surface area contributed by atoms with E-state index in [2.05, 4.69) is 0 Å². The van der Waals surface area contributed by atoms with Crippen LogP contribution in [0.3, 0.4) is 0 Å². The molecule has 12 heteroatoms. The number of amides is 2. The Kier molecular flexibility index (Phi) is 8.13. The SMILES string of the molecule is CC(F)/C(=C(/N)COc1ccc(Cl)c2c1C(N1CC3(CC3)CC1=O)N(C(=O)C1CCCCC1C(=O)O)CC2)N(C)N. The van der Waals surface area contributed by atoms with Gasteiger partial charge in [0.25, 0.3) is 0 Å². The summed E-state index contributed by atoms with van der Waals surface area (Å²) in [5.74, 6) is 3.45. The first-order chi connectivity index (χ1) is 19.4. The van der Waals surface area contributed by atoms with E-state index in [9.17, 15) is 23.9 Å². The molecule has 4 unspecified atom stereocenters. The molecule has 4 aliphatic rings. The molecule has 2 amide bonds. The molecular formula is C29H39ClFN5O5. The fourth-order valence-electron chi connectivity index (χ4n) is 6.93. The summed E-state index contributed by atoms with van der Waals surface area (Å²) in [6, 6.07) is 3.38. The standard InChI is InChI=1S/C29H39ClFN5O5/c1-16(31)25(34(2)33)21(32)14-41-22-8-7-20(30)19-9-12-35(27(38)17-5-3-4-6-18(17)28(39)40)26(24(19)22)36-15-29(10-11-29)13-23(36)37/h7-8,16-18,26H,3-6,9-15,32-33H2,1-2H3,(H,39,40)/b25-21-. The summed E-state index contributed by atoms with van der Waals surface area (Å²) in [7, 11) is 1.49. The molecule has 2 saturated carbocycles. The minimum atomic E-state index is -1.43. The molecule has 5 rings (SSSR count). The van der Waals surface area contributed by atoms with Gasteiger partial charge in [-0.1, -0.05) is 24.4 Å². The molecule has 1 saturated heterocycles. The first-order valence-electron chi connectivity index (χ1n) is 14.3. The van der Waals surface area contributed by atoms with E-state index < -0.39 is 30.1 Å². The largest absolute Gasteiger partial charge is 0.487 e. The van der Waals surface area contributed by atoms with Crippen LogP contribution in [-0.2, 0) is 20.8 Å². The number of alkyl halides is 1. The van der Waals surface area contributed by atoms with Crippen LogP contribution in [0.25, 0.3) is 0 Å². The number of benzene rings is 1. The van der Waals surface area contributed by atoms with E-state index in [0.29, 0.717) is 55.1 Å². The number of ether oxygens (including phenoxy) is 1. The van der Waals surface area contributed by atoms with Gasteiger partial charge >= 0.3 is 5.97 Å². The molecule has 3 fully saturated rings. The van der Waals surface area contributed by atoms with Gasteiger partial charge in [-0.2, -0.15) is 0 Å². The second-order valence-corrected chi connectivity index (χ2v) is 12.5. The van der Waals surface area contributed by atoms with Crippen molar-refractivity contribution >= 4 is 29.4 Å². The highest BCUT2D eigenvalue weighted by molar-refractivity contribution is 6.31. The Morgan fingerprint density at radius 1 is 1.27 bits per heavy atom. The maximum Gasteiger partial charge on any atom is 0.307 e. The molecule has 0 bridgehead atoms. The minimum Gasteiger partial charge on any atom is -0.487 e. The second kappa shape index (κ2) is 11.3. The molecule has 41 heavy (non-hydrogen) atoms. The van der Waals surface area contributed by atoms with Gasteiger partial charge in [0.2, 0.25) is 11.8 Å². The number of allylic oxidation sites excluding steroid dienone is 1. The lowest BCUT2D eigenvalue weighted by Gasteiger charge is -2.45. The highest BCUT2D eigenvalue weighted by Crippen LogP contribution is 2.56. The van der Waals surface area contributed by atoms with Crippen LogP contribution >= 0.6 is 11.6 Å². The summed E-state index contributed by atoms with van der Waals surface area (Å²) in [5, 5.41) is 11.5. The fourth-order valence-corrected chi connectivity index (χ4v) is 7.19. The first kappa shape index (κ1) is 29.4. The van der Waals surface area contributed by atoms with Crippen molar-refractivity contribution in [3.8, 4) is 5.75 Å². The average Bonchev–Trinajstić information content (AvgIpc) is 3.60. The molecule has 0 aromatic heterocycles. The van der Waals surface area contributed by atoms with E-state index in [1.54, 1.807) is 21.9 Å². The van der Waals surface area contributed by atoms with E-state index in [0.717, 1.165) is 36.3 Å². The molecule has 5 N–H and O–H groups in total. The predicted molar refractivity (Wildman–Crippen MR) is 150 cm³/mol. The molecule has 2 aliphatic heterocycles. The molecule has 0 radical (unpaired) electrons. The summed E-state index contributed by atoms with van der Waals surface area (Å²) in [6.45, 7) is 1.95. The highest BCUT2D eigenvalue weighted by atomic mass is 35.5. The van der Waals surface area contributed by atoms with Crippen LogP contribution in [0.15, 0.2) is 23.5 Å². The summed E-state index contributed by atoms with van der Waals surface area (Å²) >= 11 is 6.68. The molecule has 224 valence electrons. The van der Waals surface area contributed by atoms with Crippen molar-refractivity contribution in [3.63, 3.8) is 0 Å². The van der Waals surface area contributed by atoms with Crippen molar-refractivity contribution in [1.29, 1.82) is 0 Å². The number of aliphatic carboxylic acids is 1. The normalized spacial score (nSPS) is 26.4. The number of hydrogen-bond acceptors (Lipinski definition) is 7. The van der Waals surface area contributed by atoms with Gasteiger partial charge in [-0.15, -0.1) is 0 Å². The van der Waals surface area contributed by atoms with Crippen LogP contribution in [0.1, 0.15) is 69.2 Å². The topological polar surface area (TPSA) is 142 Å². The van der Waals surface area contributed by atoms with Gasteiger partial charge in [-0.05, 0) is 62.1 Å². The van der Waals surface area contributed by atoms with Crippen LogP contribution in [0, 0.1) is 17.3 Å². The third-order valence-electron chi connectivity index (χ3n) is 9.17. The van der Waals surface area contributed by atoms with Crippen LogP contribution in [0.5, 0.6) is 5.75 Å². The van der Waals surface area contributed by atoms with Gasteiger partial charge in [0, 0.05) is 37.1 Å². The van der Waals surface area contributed by atoms with Gasteiger partial charge in [0.15, 0.2) is 0 Å². The Labute approximate surface area is 244 Å². The van der Waals surface area contributed by atoms with Crippen LogP contribution in [-0.4, -0.2) is 70.6 Å². The molecule has 1 aromatic carbocycles. The number of rotatable bonds is 8. The van der Waals surface area contributed by atoms with Crippen molar-refractivity contribution < 1.29 is 28.6 Å². The van der Waals surface area contributed by atoms with Crippen molar-refractivity contribution in [2.45, 2.75) is 70.6 Å². The van der Waals surface area contributed by atoms with Crippen LogP contribution < -0.4 is 16.3 Å². The maximum absolute atomic E-state index is 14.2. The number of carboxylic acid groups (broad SMARTS) is 1. The molecule has 2 heterocycles. The lowest BCUT2D eigenvalue weighted by atomic mass is 9.78. The molecule has 10 nitrogen and oxygen atoms in total. The van der Waals surface area contributed by atoms with E-state index in [-0.39, 0.29) is 35.2 Å². The zero-order chi connectivity index (χ0) is 29.6. The zero-order valence-electron chi connectivity index (χ0n) is 23.6. The van der Waals surface area contributed by atoms with Crippen molar-refractivity contribution in [2.24, 2.45) is 28.8 Å². The smallest absolute Gasteiger partial charge is 0.307 e. The quantitative estimate of drug-likeness (QED) is 0.309. The molecule has 1 spiro atoms. The van der Waals surface area contributed by atoms with Crippen molar-refractivity contribution in [2.75, 3.05) is 26.7 Å². The molecule has 1 aromatic rings. The average molecular weight is 592 g/mol. The summed E-state index contributed by atoms with van der Waals surface area (Å²) < 4.78 is 20.4. The Bertz CT molecular complexity index is 1260. The third kappa shape index (κ3) is 5.58. The Hall–Kier alpha value is -3.05. The highest BCUT2D eigenvalue weighted by Gasteiger charge is 2.56. The zero-order valence-corrected chi connectivity index (χ0v) is 24.3. The Balaban J connectivity index is 1.56. The number of hydrazine groups is 1. The summed E-state index contributed by atoms with van der Waals surface area (Å²) in [6.07, 6.45) is 2.97. The predicted octanol–water partition coefficient (Wildman–Crippen LogP) is 3.34.